The van der Waals surface area contributed by atoms with Crippen molar-refractivity contribution in [2.45, 2.75) is 45.6 Å². The molecule has 0 rings (SSSR count). The van der Waals surface area contributed by atoms with Crippen LogP contribution in [0.3, 0.4) is 0 Å². The second-order valence-corrected chi connectivity index (χ2v) is 3.41. The van der Waals surface area contributed by atoms with Crippen molar-refractivity contribution in [2.75, 3.05) is 6.61 Å². The first kappa shape index (κ1) is 13.1. The number of aliphatic hydroxyl groups excluding tert-OH is 1. The average molecular weight is 202 g/mol. The van der Waals surface area contributed by atoms with E-state index in [2.05, 4.69) is 0 Å². The molecule has 1 unspecified atom stereocenters. The Morgan fingerprint density at radius 1 is 1.36 bits per heavy atom. The molecule has 4 nitrogen and oxygen atoms in total. The highest BCUT2D eigenvalue weighted by Crippen LogP contribution is 1.99. The van der Waals surface area contributed by atoms with Gasteiger partial charge in [0.1, 0.15) is 5.78 Å². The van der Waals surface area contributed by atoms with Crippen LogP contribution < -0.4 is 0 Å². The summed E-state index contributed by atoms with van der Waals surface area (Å²) in [6, 6.07) is 0. The van der Waals surface area contributed by atoms with E-state index in [9.17, 15) is 9.59 Å². The van der Waals surface area contributed by atoms with E-state index in [-0.39, 0.29) is 30.7 Å². The average Bonchev–Trinajstić information content (AvgIpc) is 2.08. The van der Waals surface area contributed by atoms with Gasteiger partial charge in [0.2, 0.25) is 0 Å². The quantitative estimate of drug-likeness (QED) is 0.495. The number of Topliss-reactive ketones (excluding diaryl/α,β-unsaturated/α-hetero) is 1. The molecule has 82 valence electrons. The zero-order valence-corrected chi connectivity index (χ0v) is 8.78. The fourth-order valence-electron chi connectivity index (χ4n) is 0.915. The van der Waals surface area contributed by atoms with Gasteiger partial charge >= 0.3 is 5.97 Å². The van der Waals surface area contributed by atoms with E-state index in [4.69, 9.17) is 9.84 Å². The van der Waals surface area contributed by atoms with Crippen molar-refractivity contribution in [3.05, 3.63) is 0 Å². The standard InChI is InChI=1S/C10H18O4/c1-8(11)4-3-7-14-10(13)6-5-9(2)12/h8,11H,3-7H2,1-2H3. The third-order valence-corrected chi connectivity index (χ3v) is 1.71. The second kappa shape index (κ2) is 7.50. The number of hydrogen-bond acceptors (Lipinski definition) is 4. The first-order valence-electron chi connectivity index (χ1n) is 4.85. The largest absolute Gasteiger partial charge is 0.466 e. The SMILES string of the molecule is CC(=O)CCC(=O)OCCCC(C)O. The minimum absolute atomic E-state index is 0.00840. The Hall–Kier alpha value is -0.900. The fourth-order valence-corrected chi connectivity index (χ4v) is 0.915. The van der Waals surface area contributed by atoms with Crippen LogP contribution in [0, 0.1) is 0 Å². The monoisotopic (exact) mass is 202 g/mol. The van der Waals surface area contributed by atoms with Crippen LogP contribution in [0.2, 0.25) is 0 Å². The predicted molar refractivity (Wildman–Crippen MR) is 51.8 cm³/mol. The van der Waals surface area contributed by atoms with Crippen molar-refractivity contribution in [3.63, 3.8) is 0 Å². The number of carbonyl (C=O) groups excluding carboxylic acids is 2. The van der Waals surface area contributed by atoms with Gasteiger partial charge in [-0.3, -0.25) is 4.79 Å². The lowest BCUT2D eigenvalue weighted by atomic mass is 10.2. The van der Waals surface area contributed by atoms with E-state index in [1.54, 1.807) is 6.92 Å². The molecule has 1 N–H and O–H groups in total. The van der Waals surface area contributed by atoms with Gasteiger partial charge in [0.15, 0.2) is 0 Å². The molecule has 0 spiro atoms. The van der Waals surface area contributed by atoms with Gasteiger partial charge in [-0.25, -0.2) is 0 Å². The van der Waals surface area contributed by atoms with Gasteiger partial charge in [-0.2, -0.15) is 0 Å². The van der Waals surface area contributed by atoms with E-state index in [0.29, 0.717) is 19.4 Å². The molecule has 0 fully saturated rings. The Labute approximate surface area is 84.3 Å². The number of ketones is 1. The smallest absolute Gasteiger partial charge is 0.306 e. The van der Waals surface area contributed by atoms with Gasteiger partial charge in [0, 0.05) is 6.42 Å². The van der Waals surface area contributed by atoms with E-state index >= 15 is 0 Å². The van der Waals surface area contributed by atoms with E-state index < -0.39 is 0 Å². The zero-order chi connectivity index (χ0) is 11.0. The molecule has 1 atom stereocenters. The number of esters is 1. The summed E-state index contributed by atoms with van der Waals surface area (Å²) in [6.07, 6.45) is 1.33. The Balaban J connectivity index is 3.31. The van der Waals surface area contributed by atoms with Crippen LogP contribution >= 0.6 is 0 Å². The number of aliphatic hydroxyl groups is 1. The van der Waals surface area contributed by atoms with Crippen LogP contribution in [0.1, 0.15) is 39.5 Å². The molecule has 0 aliphatic rings. The normalized spacial score (nSPS) is 12.2. The van der Waals surface area contributed by atoms with Crippen molar-refractivity contribution in [1.29, 1.82) is 0 Å². The topological polar surface area (TPSA) is 63.6 Å². The van der Waals surface area contributed by atoms with Crippen LogP contribution in [0.25, 0.3) is 0 Å². The van der Waals surface area contributed by atoms with Gasteiger partial charge in [-0.05, 0) is 26.7 Å². The molecule has 0 saturated heterocycles. The molecule has 0 heterocycles. The molecule has 4 heteroatoms. The lowest BCUT2D eigenvalue weighted by molar-refractivity contribution is -0.144. The first-order chi connectivity index (χ1) is 6.52. The summed E-state index contributed by atoms with van der Waals surface area (Å²) >= 11 is 0. The number of carbonyl (C=O) groups is 2. The van der Waals surface area contributed by atoms with E-state index in [0.717, 1.165) is 0 Å². The highest BCUT2D eigenvalue weighted by atomic mass is 16.5. The molecule has 0 aromatic rings. The maximum absolute atomic E-state index is 11.0. The van der Waals surface area contributed by atoms with Crippen LogP contribution in [0.5, 0.6) is 0 Å². The van der Waals surface area contributed by atoms with Crippen LogP contribution in [-0.4, -0.2) is 29.6 Å². The number of ether oxygens (including phenoxy) is 1. The number of hydrogen-bond donors (Lipinski definition) is 1. The second-order valence-electron chi connectivity index (χ2n) is 3.41. The maximum Gasteiger partial charge on any atom is 0.306 e. The Morgan fingerprint density at radius 2 is 2.00 bits per heavy atom. The Bertz CT molecular complexity index is 187. The van der Waals surface area contributed by atoms with Crippen molar-refractivity contribution < 1.29 is 19.4 Å². The maximum atomic E-state index is 11.0. The van der Waals surface area contributed by atoms with Gasteiger partial charge in [0.25, 0.3) is 0 Å². The van der Waals surface area contributed by atoms with Crippen LogP contribution in [0.4, 0.5) is 0 Å². The summed E-state index contributed by atoms with van der Waals surface area (Å²) in [5.41, 5.74) is 0. The summed E-state index contributed by atoms with van der Waals surface area (Å²) < 4.78 is 4.84. The molecule has 0 aliphatic heterocycles. The molecule has 14 heavy (non-hydrogen) atoms. The Kier molecular flexibility index (Phi) is 7.02. The minimum Gasteiger partial charge on any atom is -0.466 e. The molecule has 0 saturated carbocycles. The van der Waals surface area contributed by atoms with Gasteiger partial charge in [0.05, 0.1) is 19.1 Å². The molecular formula is C10H18O4. The molecule has 0 aromatic heterocycles. The predicted octanol–water partition coefficient (Wildman–Crippen LogP) is 1.06. The first-order valence-corrected chi connectivity index (χ1v) is 4.85. The van der Waals surface area contributed by atoms with Crippen LogP contribution in [-0.2, 0) is 14.3 Å². The minimum atomic E-state index is -0.356. The molecular weight excluding hydrogens is 184 g/mol. The lowest BCUT2D eigenvalue weighted by Crippen LogP contribution is -2.09. The summed E-state index contributed by atoms with van der Waals surface area (Å²) in [6.45, 7) is 3.46. The third-order valence-electron chi connectivity index (χ3n) is 1.71. The lowest BCUT2D eigenvalue weighted by Gasteiger charge is -2.05. The Morgan fingerprint density at radius 3 is 2.50 bits per heavy atom. The highest BCUT2D eigenvalue weighted by molar-refractivity contribution is 5.80. The summed E-state index contributed by atoms with van der Waals surface area (Å²) in [5.74, 6) is -0.350. The summed E-state index contributed by atoms with van der Waals surface area (Å²) in [4.78, 5) is 21.5. The molecule has 0 radical (unpaired) electrons. The van der Waals surface area contributed by atoms with Gasteiger partial charge in [-0.1, -0.05) is 0 Å². The molecule has 0 aromatic carbocycles. The van der Waals surface area contributed by atoms with Crippen molar-refractivity contribution in [1.82, 2.24) is 0 Å². The van der Waals surface area contributed by atoms with Gasteiger partial charge in [-0.15, -0.1) is 0 Å². The molecule has 0 bridgehead atoms. The van der Waals surface area contributed by atoms with Crippen LogP contribution in [0.15, 0.2) is 0 Å². The van der Waals surface area contributed by atoms with E-state index in [1.165, 1.54) is 6.92 Å². The zero-order valence-electron chi connectivity index (χ0n) is 8.78. The fraction of sp³-hybridized carbons (Fsp3) is 0.800. The van der Waals surface area contributed by atoms with Crippen molar-refractivity contribution in [3.8, 4) is 0 Å². The molecule has 0 amide bonds. The third kappa shape index (κ3) is 9.19. The van der Waals surface area contributed by atoms with Crippen molar-refractivity contribution in [2.24, 2.45) is 0 Å². The van der Waals surface area contributed by atoms with Crippen molar-refractivity contribution >= 4 is 11.8 Å². The summed E-state index contributed by atoms with van der Waals surface area (Å²) in [7, 11) is 0. The number of rotatable bonds is 7. The highest BCUT2D eigenvalue weighted by Gasteiger charge is 2.04. The molecule has 0 aliphatic carbocycles. The summed E-state index contributed by atoms with van der Waals surface area (Å²) in [5, 5.41) is 8.91. The van der Waals surface area contributed by atoms with E-state index in [1.807, 2.05) is 0 Å². The van der Waals surface area contributed by atoms with Gasteiger partial charge < -0.3 is 14.6 Å².